The molecule has 0 amide bonds. The van der Waals surface area contributed by atoms with Crippen molar-refractivity contribution in [3.05, 3.63) is 64.5 Å². The van der Waals surface area contributed by atoms with E-state index in [0.717, 1.165) is 23.0 Å². The Hall–Kier alpha value is -4.05. The molecular formula is C28H29F9N6O2. The number of carbonyl (C=O) groups excluding carboxylic acids is 1. The predicted molar refractivity (Wildman–Crippen MR) is 143 cm³/mol. The molecule has 1 aromatic heterocycles. The lowest BCUT2D eigenvalue weighted by Gasteiger charge is -2.48. The van der Waals surface area contributed by atoms with Gasteiger partial charge in [0.05, 0.1) is 48.3 Å². The molecule has 1 N–H and O–H groups in total. The van der Waals surface area contributed by atoms with E-state index in [1.54, 1.807) is 6.92 Å². The van der Waals surface area contributed by atoms with Crippen LogP contribution in [0.25, 0.3) is 0 Å². The molecule has 1 aliphatic heterocycles. The third-order valence-corrected chi connectivity index (χ3v) is 7.54. The number of hydrogen-bond acceptors (Lipinski definition) is 7. The number of aromatic nitrogens is 4. The van der Waals surface area contributed by atoms with Crippen LogP contribution in [0.3, 0.4) is 0 Å². The van der Waals surface area contributed by atoms with Crippen LogP contribution in [-0.4, -0.2) is 45.4 Å². The van der Waals surface area contributed by atoms with Gasteiger partial charge < -0.3 is 15.0 Å². The van der Waals surface area contributed by atoms with Gasteiger partial charge in [-0.2, -0.15) is 44.3 Å². The highest BCUT2D eigenvalue weighted by atomic mass is 19.4. The van der Waals surface area contributed by atoms with Gasteiger partial charge in [0, 0.05) is 12.5 Å². The zero-order valence-electron chi connectivity index (χ0n) is 24.2. The van der Waals surface area contributed by atoms with Gasteiger partial charge in [-0.1, -0.05) is 13.3 Å². The second-order valence-electron chi connectivity index (χ2n) is 10.6. The highest BCUT2D eigenvalue weighted by Crippen LogP contribution is 2.47. The minimum atomic E-state index is -5.19. The van der Waals surface area contributed by atoms with Gasteiger partial charge in [-0.3, -0.25) is 4.79 Å². The third kappa shape index (κ3) is 7.61. The first-order chi connectivity index (χ1) is 20.9. The number of nitrogens with zero attached hydrogens (tertiary/aromatic N) is 5. The lowest BCUT2D eigenvalue weighted by Crippen LogP contribution is -2.52. The zero-order valence-corrected chi connectivity index (χ0v) is 24.2. The van der Waals surface area contributed by atoms with E-state index in [1.165, 1.54) is 19.1 Å². The Labute approximate surface area is 251 Å². The number of alkyl halides is 9. The Bertz CT molecular complexity index is 1470. The zero-order chi connectivity index (χ0) is 33.3. The van der Waals surface area contributed by atoms with Crippen molar-refractivity contribution < 1.29 is 49.0 Å². The van der Waals surface area contributed by atoms with E-state index in [9.17, 15) is 44.3 Å². The molecule has 0 fully saturated rings. The molecule has 1 aliphatic rings. The maximum absolute atomic E-state index is 14.0. The van der Waals surface area contributed by atoms with Crippen molar-refractivity contribution in [2.75, 3.05) is 17.3 Å². The minimum Gasteiger partial charge on any atom is -0.469 e. The molecule has 8 nitrogen and oxygen atoms in total. The molecule has 0 saturated heterocycles. The van der Waals surface area contributed by atoms with E-state index >= 15 is 0 Å². The molecule has 0 spiro atoms. The van der Waals surface area contributed by atoms with Crippen LogP contribution in [0.2, 0.25) is 0 Å². The summed E-state index contributed by atoms with van der Waals surface area (Å²) in [6.07, 6.45) is -14.0. The van der Waals surface area contributed by atoms with Crippen molar-refractivity contribution in [2.24, 2.45) is 7.05 Å². The quantitative estimate of drug-likeness (QED) is 0.149. The molecule has 3 unspecified atom stereocenters. The number of anilines is 2. The molecular weight excluding hydrogens is 623 g/mol. The Morgan fingerprint density at radius 3 is 2.07 bits per heavy atom. The van der Waals surface area contributed by atoms with Gasteiger partial charge in [-0.05, 0) is 66.4 Å². The number of methoxy groups -OCH3 is 1. The van der Waals surface area contributed by atoms with Crippen molar-refractivity contribution in [3.63, 3.8) is 0 Å². The van der Waals surface area contributed by atoms with Gasteiger partial charge >= 0.3 is 24.5 Å². The van der Waals surface area contributed by atoms with Gasteiger partial charge in [0.25, 0.3) is 0 Å². The van der Waals surface area contributed by atoms with Crippen LogP contribution in [0.15, 0.2) is 36.4 Å². The summed E-state index contributed by atoms with van der Waals surface area (Å²) in [5.41, 5.74) is -4.80. The maximum Gasteiger partial charge on any atom is 0.416 e. The summed E-state index contributed by atoms with van der Waals surface area (Å²) in [4.78, 5) is 14.0. The molecule has 0 aliphatic carbocycles. The Morgan fingerprint density at radius 2 is 1.56 bits per heavy atom. The Morgan fingerprint density at radius 1 is 0.933 bits per heavy atom. The predicted octanol–water partition coefficient (Wildman–Crippen LogP) is 7.17. The fourth-order valence-corrected chi connectivity index (χ4v) is 5.46. The maximum atomic E-state index is 14.0. The number of aryl methyl sites for hydroxylation is 1. The van der Waals surface area contributed by atoms with Crippen LogP contribution < -0.4 is 10.2 Å². The summed E-state index contributed by atoms with van der Waals surface area (Å²) in [6.45, 7) is 1.77. The SMILES string of the molecule is CCC1Nc2ccc(C(F)(F)F)cc2N(C(c2cc(C(F)(F)F)cc(C(F)(F)F)c2)c2nnn(C)n2)C1CCCCC(=O)OC. The van der Waals surface area contributed by atoms with E-state index < -0.39 is 64.9 Å². The Balaban J connectivity index is 2.00. The fourth-order valence-electron chi connectivity index (χ4n) is 5.46. The summed E-state index contributed by atoms with van der Waals surface area (Å²) in [6, 6.07) is 0.813. The molecule has 3 aromatic rings. The molecule has 0 radical (unpaired) electrons. The van der Waals surface area contributed by atoms with Crippen molar-refractivity contribution in [3.8, 4) is 0 Å². The molecule has 0 saturated carbocycles. The van der Waals surface area contributed by atoms with Crippen molar-refractivity contribution in [1.29, 1.82) is 0 Å². The van der Waals surface area contributed by atoms with Crippen LogP contribution >= 0.6 is 0 Å². The minimum absolute atomic E-state index is 0.0277. The second kappa shape index (κ2) is 12.7. The fraction of sp³-hybridized carbons (Fsp3) is 0.500. The number of esters is 1. The molecule has 4 rings (SSSR count). The van der Waals surface area contributed by atoms with Gasteiger partial charge in [0.1, 0.15) is 6.04 Å². The van der Waals surface area contributed by atoms with Crippen LogP contribution in [0.5, 0.6) is 0 Å². The molecule has 246 valence electrons. The first-order valence-electron chi connectivity index (χ1n) is 13.8. The number of rotatable bonds is 9. The summed E-state index contributed by atoms with van der Waals surface area (Å²) in [5.74, 6) is -0.823. The normalized spacial score (nSPS) is 17.9. The van der Waals surface area contributed by atoms with Gasteiger partial charge in [-0.25, -0.2) is 0 Å². The van der Waals surface area contributed by atoms with Crippen LogP contribution in [0.1, 0.15) is 73.1 Å². The average Bonchev–Trinajstić information content (AvgIpc) is 3.39. The molecule has 0 bridgehead atoms. The van der Waals surface area contributed by atoms with E-state index in [0.29, 0.717) is 31.4 Å². The topological polar surface area (TPSA) is 85.2 Å². The first-order valence-corrected chi connectivity index (χ1v) is 13.8. The summed E-state index contributed by atoms with van der Waals surface area (Å²) in [5, 5.41) is 14.9. The molecule has 45 heavy (non-hydrogen) atoms. The van der Waals surface area contributed by atoms with Gasteiger partial charge in [0.2, 0.25) is 5.82 Å². The number of hydrogen-bond donors (Lipinski definition) is 1. The molecule has 2 heterocycles. The highest BCUT2D eigenvalue weighted by Gasteiger charge is 2.44. The highest BCUT2D eigenvalue weighted by molar-refractivity contribution is 5.76. The summed E-state index contributed by atoms with van der Waals surface area (Å²) in [7, 11) is 2.54. The van der Waals surface area contributed by atoms with Crippen LogP contribution in [-0.2, 0) is 35.1 Å². The summed E-state index contributed by atoms with van der Waals surface area (Å²) < 4.78 is 130. The number of tetrazole rings is 1. The Kier molecular flexibility index (Phi) is 9.59. The lowest BCUT2D eigenvalue weighted by molar-refractivity contribution is -0.143. The standard InChI is InChI=1S/C28H29F9N6O2/c1-4-19-21(7-5-6-8-23(44)45-3)43(22-14-16(26(29,30)31)9-10-20(22)38-19)24(25-39-41-42(2)40-25)15-11-17(27(32,33)34)13-18(12-15)28(35,36)37/h9-14,19,21,24,38H,4-8H2,1-3H3. The van der Waals surface area contributed by atoms with Crippen molar-refractivity contribution >= 4 is 17.3 Å². The van der Waals surface area contributed by atoms with Crippen molar-refractivity contribution in [1.82, 2.24) is 20.2 Å². The molecule has 3 atom stereocenters. The lowest BCUT2D eigenvalue weighted by atomic mass is 9.88. The molecule has 17 heteroatoms. The van der Waals surface area contributed by atoms with Crippen molar-refractivity contribution in [2.45, 2.75) is 75.7 Å². The van der Waals surface area contributed by atoms with E-state index in [-0.39, 0.29) is 36.1 Å². The third-order valence-electron chi connectivity index (χ3n) is 7.54. The summed E-state index contributed by atoms with van der Waals surface area (Å²) >= 11 is 0. The number of carbonyl (C=O) groups is 1. The average molecular weight is 653 g/mol. The van der Waals surface area contributed by atoms with Gasteiger partial charge in [0.15, 0.2) is 0 Å². The number of ether oxygens (including phenoxy) is 1. The van der Waals surface area contributed by atoms with E-state index in [1.807, 2.05) is 0 Å². The number of unbranched alkanes of at least 4 members (excludes halogenated alkanes) is 1. The smallest absolute Gasteiger partial charge is 0.416 e. The second-order valence-corrected chi connectivity index (χ2v) is 10.6. The van der Waals surface area contributed by atoms with E-state index in [4.69, 9.17) is 0 Å². The number of halogens is 9. The number of benzene rings is 2. The van der Waals surface area contributed by atoms with Crippen LogP contribution in [0, 0.1) is 0 Å². The van der Waals surface area contributed by atoms with E-state index in [2.05, 4.69) is 25.5 Å². The van der Waals surface area contributed by atoms with Gasteiger partial charge in [-0.15, -0.1) is 10.2 Å². The first kappa shape index (κ1) is 33.8. The monoisotopic (exact) mass is 652 g/mol. The molecule has 2 aromatic carbocycles. The largest absolute Gasteiger partial charge is 0.469 e. The number of nitrogens with one attached hydrogen (secondary N) is 1. The number of fused-ring (bicyclic) bond motifs is 1. The van der Waals surface area contributed by atoms with Crippen LogP contribution in [0.4, 0.5) is 50.9 Å².